The van der Waals surface area contributed by atoms with E-state index in [1.165, 1.54) is 12.8 Å². The number of nitriles is 1. The maximum absolute atomic E-state index is 9.20. The van der Waals surface area contributed by atoms with Gasteiger partial charge in [0.1, 0.15) is 11.6 Å². The van der Waals surface area contributed by atoms with E-state index in [1.807, 2.05) is 12.1 Å². The molecule has 0 atom stereocenters. The summed E-state index contributed by atoms with van der Waals surface area (Å²) >= 11 is 3.51. The quantitative estimate of drug-likeness (QED) is 0.814. The predicted molar refractivity (Wildman–Crippen MR) is 87.0 cm³/mol. The van der Waals surface area contributed by atoms with Gasteiger partial charge in [0, 0.05) is 23.8 Å². The lowest BCUT2D eigenvalue weighted by molar-refractivity contribution is 0.881. The van der Waals surface area contributed by atoms with Gasteiger partial charge in [-0.15, -0.1) is 10.2 Å². The average Bonchev–Trinajstić information content (AvgIpc) is 3.22. The highest BCUT2D eigenvalue weighted by Crippen LogP contribution is 2.32. The van der Waals surface area contributed by atoms with Crippen molar-refractivity contribution in [3.05, 3.63) is 34.7 Å². The molecule has 0 bridgehead atoms. The van der Waals surface area contributed by atoms with Crippen LogP contribution in [0.15, 0.2) is 28.9 Å². The van der Waals surface area contributed by atoms with Crippen molar-refractivity contribution in [1.82, 2.24) is 20.6 Å². The minimum absolute atomic E-state index is 0.273. The lowest BCUT2D eigenvalue weighted by atomic mass is 10.2. The third-order valence-corrected chi connectivity index (χ3v) is 3.98. The van der Waals surface area contributed by atoms with E-state index in [0.29, 0.717) is 5.57 Å². The van der Waals surface area contributed by atoms with Crippen LogP contribution in [0.3, 0.4) is 0 Å². The number of rotatable bonds is 4. The van der Waals surface area contributed by atoms with Gasteiger partial charge in [-0.05, 0) is 36.3 Å². The highest BCUT2D eigenvalue weighted by atomic mass is 79.9. The molecule has 8 heteroatoms. The van der Waals surface area contributed by atoms with Crippen LogP contribution in [0.25, 0.3) is 5.57 Å². The maximum atomic E-state index is 9.20. The van der Waals surface area contributed by atoms with Crippen LogP contribution in [0.5, 0.6) is 0 Å². The summed E-state index contributed by atoms with van der Waals surface area (Å²) in [6.07, 6.45) is 4.01. The van der Waals surface area contributed by atoms with E-state index in [-0.39, 0.29) is 5.82 Å². The number of benzene rings is 1. The van der Waals surface area contributed by atoms with Crippen LogP contribution in [0.2, 0.25) is 0 Å². The first-order valence-electron chi connectivity index (χ1n) is 6.93. The highest BCUT2D eigenvalue weighted by Gasteiger charge is 2.16. The number of nitrogens with one attached hydrogen (secondary N) is 2. The monoisotopic (exact) mass is 359 g/mol. The first-order chi connectivity index (χ1) is 10.8. The number of hydrogen-bond acceptors (Lipinski definition) is 6. The molecule has 112 valence electrons. The van der Waals surface area contributed by atoms with Gasteiger partial charge in [-0.1, -0.05) is 15.9 Å². The molecule has 0 aliphatic carbocycles. The van der Waals surface area contributed by atoms with Crippen molar-refractivity contribution in [2.24, 2.45) is 0 Å². The summed E-state index contributed by atoms with van der Waals surface area (Å²) in [6, 6.07) is 8.11. The molecule has 22 heavy (non-hydrogen) atoms. The topological polar surface area (TPSA) is 93.5 Å². The molecule has 1 fully saturated rings. The number of aromatic amines is 1. The van der Waals surface area contributed by atoms with Crippen LogP contribution in [0.4, 0.5) is 11.4 Å². The summed E-state index contributed by atoms with van der Waals surface area (Å²) in [4.78, 5) is 2.33. The molecular formula is C14H14BrN7. The molecule has 3 rings (SSSR count). The van der Waals surface area contributed by atoms with Gasteiger partial charge < -0.3 is 10.2 Å². The van der Waals surface area contributed by atoms with Gasteiger partial charge in [-0.2, -0.15) is 10.5 Å². The maximum Gasteiger partial charge on any atom is 0.216 e. The van der Waals surface area contributed by atoms with E-state index in [2.05, 4.69) is 58.9 Å². The van der Waals surface area contributed by atoms with Crippen LogP contribution in [-0.4, -0.2) is 33.7 Å². The lowest BCUT2D eigenvalue weighted by Gasteiger charge is -2.21. The van der Waals surface area contributed by atoms with Gasteiger partial charge in [0.25, 0.3) is 0 Å². The zero-order valence-electron chi connectivity index (χ0n) is 11.8. The second-order valence-electron chi connectivity index (χ2n) is 4.91. The van der Waals surface area contributed by atoms with E-state index < -0.39 is 0 Å². The summed E-state index contributed by atoms with van der Waals surface area (Å²) in [7, 11) is 0. The molecule has 1 aliphatic rings. The van der Waals surface area contributed by atoms with Gasteiger partial charge in [0.05, 0.1) is 11.4 Å². The Bertz CT molecular complexity index is 711. The molecular weight excluding hydrogens is 346 g/mol. The number of tetrazole rings is 1. The molecule has 7 nitrogen and oxygen atoms in total. The number of aromatic nitrogens is 4. The Hall–Kier alpha value is -2.40. The Morgan fingerprint density at radius 1 is 1.41 bits per heavy atom. The molecule has 1 aromatic heterocycles. The van der Waals surface area contributed by atoms with Crippen LogP contribution in [-0.2, 0) is 0 Å². The molecule has 0 unspecified atom stereocenters. The Morgan fingerprint density at radius 2 is 2.23 bits per heavy atom. The Kier molecular flexibility index (Phi) is 4.34. The Balaban J connectivity index is 1.87. The van der Waals surface area contributed by atoms with Crippen molar-refractivity contribution in [3.8, 4) is 6.07 Å². The summed E-state index contributed by atoms with van der Waals surface area (Å²) in [5.41, 5.74) is 2.39. The van der Waals surface area contributed by atoms with Gasteiger partial charge in [0.2, 0.25) is 5.82 Å². The Labute approximate surface area is 136 Å². The number of halogens is 1. The summed E-state index contributed by atoms with van der Waals surface area (Å²) in [5.74, 6) is 0.273. The predicted octanol–water partition coefficient (Wildman–Crippen LogP) is 2.54. The van der Waals surface area contributed by atoms with Crippen molar-refractivity contribution >= 4 is 32.9 Å². The first kappa shape index (κ1) is 14.5. The smallest absolute Gasteiger partial charge is 0.216 e. The third-order valence-electron chi connectivity index (χ3n) is 3.49. The largest absolute Gasteiger partial charge is 0.370 e. The molecule has 1 aromatic carbocycles. The Morgan fingerprint density at radius 3 is 2.91 bits per heavy atom. The molecule has 0 saturated carbocycles. The van der Waals surface area contributed by atoms with E-state index in [0.717, 1.165) is 28.9 Å². The number of allylic oxidation sites excluding steroid dienone is 1. The number of hydrogen-bond donors (Lipinski definition) is 2. The second kappa shape index (κ2) is 6.58. The van der Waals surface area contributed by atoms with Crippen molar-refractivity contribution < 1.29 is 0 Å². The zero-order chi connectivity index (χ0) is 15.4. The average molecular weight is 360 g/mol. The number of H-pyrrole nitrogens is 1. The SMILES string of the molecule is N#CC(=CNc1ccc(Br)cc1N1CCCC1)c1nn[nH]n1. The standard InChI is InChI=1S/C14H14BrN7/c15-11-3-4-12(13(7-11)22-5-1-2-6-22)17-9-10(8-16)14-18-20-21-19-14/h3-4,7,9,17H,1-2,5-6H2,(H,18,19,20,21). The van der Waals surface area contributed by atoms with E-state index in [4.69, 9.17) is 0 Å². The lowest BCUT2D eigenvalue weighted by Crippen LogP contribution is -2.18. The summed E-state index contributed by atoms with van der Waals surface area (Å²) in [6.45, 7) is 2.09. The van der Waals surface area contributed by atoms with Crippen LogP contribution in [0, 0.1) is 11.3 Å². The van der Waals surface area contributed by atoms with Gasteiger partial charge >= 0.3 is 0 Å². The summed E-state index contributed by atoms with van der Waals surface area (Å²) in [5, 5.41) is 25.8. The van der Waals surface area contributed by atoms with Crippen molar-refractivity contribution in [2.75, 3.05) is 23.3 Å². The van der Waals surface area contributed by atoms with Crippen molar-refractivity contribution in [2.45, 2.75) is 12.8 Å². The fraction of sp³-hybridized carbons (Fsp3) is 0.286. The zero-order valence-corrected chi connectivity index (χ0v) is 13.3. The normalized spacial score (nSPS) is 14.9. The molecule has 2 heterocycles. The van der Waals surface area contributed by atoms with Gasteiger partial charge in [-0.3, -0.25) is 0 Å². The molecule has 1 saturated heterocycles. The minimum atomic E-state index is 0.273. The number of anilines is 2. The molecule has 0 radical (unpaired) electrons. The van der Waals surface area contributed by atoms with Gasteiger partial charge in [0.15, 0.2) is 0 Å². The van der Waals surface area contributed by atoms with E-state index >= 15 is 0 Å². The molecule has 0 spiro atoms. The van der Waals surface area contributed by atoms with Crippen LogP contribution < -0.4 is 10.2 Å². The second-order valence-corrected chi connectivity index (χ2v) is 5.82. The van der Waals surface area contributed by atoms with E-state index in [1.54, 1.807) is 6.20 Å². The van der Waals surface area contributed by atoms with E-state index in [9.17, 15) is 5.26 Å². The van der Waals surface area contributed by atoms with Crippen LogP contribution >= 0.6 is 15.9 Å². The minimum Gasteiger partial charge on any atom is -0.370 e. The molecule has 1 aliphatic heterocycles. The van der Waals surface area contributed by atoms with Crippen LogP contribution in [0.1, 0.15) is 18.7 Å². The molecule has 2 aromatic rings. The fourth-order valence-electron chi connectivity index (χ4n) is 2.42. The molecule has 2 N–H and O–H groups in total. The third kappa shape index (κ3) is 3.09. The van der Waals surface area contributed by atoms with Crippen molar-refractivity contribution in [1.29, 1.82) is 5.26 Å². The highest BCUT2D eigenvalue weighted by molar-refractivity contribution is 9.10. The summed E-state index contributed by atoms with van der Waals surface area (Å²) < 4.78 is 1.03. The number of nitrogens with zero attached hydrogens (tertiary/aromatic N) is 5. The van der Waals surface area contributed by atoms with Crippen molar-refractivity contribution in [3.63, 3.8) is 0 Å². The fourth-order valence-corrected chi connectivity index (χ4v) is 2.77. The molecule has 0 amide bonds. The first-order valence-corrected chi connectivity index (χ1v) is 7.72. The van der Waals surface area contributed by atoms with Gasteiger partial charge in [-0.25, -0.2) is 0 Å².